The number of nitrogens with zero attached hydrogens (tertiary/aromatic N) is 2. The first-order valence-electron chi connectivity index (χ1n) is 7.38. The minimum Gasteiger partial charge on any atom is -0.493 e. The second kappa shape index (κ2) is 7.53. The van der Waals surface area contributed by atoms with E-state index in [2.05, 4.69) is 15.2 Å². The van der Waals surface area contributed by atoms with Crippen molar-refractivity contribution < 1.29 is 14.6 Å². The van der Waals surface area contributed by atoms with E-state index >= 15 is 0 Å². The van der Waals surface area contributed by atoms with E-state index in [0.29, 0.717) is 31.7 Å². The number of benzene rings is 2. The zero-order valence-electron chi connectivity index (χ0n) is 13.4. The summed E-state index contributed by atoms with van der Waals surface area (Å²) in [6, 6.07) is 8.13. The summed E-state index contributed by atoms with van der Waals surface area (Å²) in [5.74, 6) is -0.372. The molecule has 3 rings (SSSR count). The number of fused-ring (bicyclic) bond motifs is 1. The second-order valence-electron chi connectivity index (χ2n) is 5.42. The Morgan fingerprint density at radius 1 is 1.19 bits per heavy atom. The summed E-state index contributed by atoms with van der Waals surface area (Å²) in [5, 5.41) is 19.0. The standard InChI is InChI=1S/C17H12Cl3N3O3/c1-8-4-9(18)2-3-13(8)26-7-14(24)22-23-16-11-5-10(19)6-12(20)15(11)21-17(16)25/h2-6,21,25H,7H2,1H3. The van der Waals surface area contributed by atoms with E-state index in [1.54, 1.807) is 24.3 Å². The molecule has 3 aromatic rings. The molecule has 9 heteroatoms. The fraction of sp³-hybridized carbons (Fsp3) is 0.118. The van der Waals surface area contributed by atoms with E-state index in [9.17, 15) is 9.90 Å². The lowest BCUT2D eigenvalue weighted by Gasteiger charge is -2.06. The molecule has 134 valence electrons. The second-order valence-corrected chi connectivity index (χ2v) is 6.70. The lowest BCUT2D eigenvalue weighted by atomic mass is 10.2. The average molecular weight is 413 g/mol. The molecule has 0 fully saturated rings. The van der Waals surface area contributed by atoms with Crippen molar-refractivity contribution in [3.8, 4) is 11.6 Å². The normalized spacial score (nSPS) is 11.4. The maximum atomic E-state index is 11.9. The van der Waals surface area contributed by atoms with E-state index in [-0.39, 0.29) is 18.2 Å². The van der Waals surface area contributed by atoms with Gasteiger partial charge >= 0.3 is 5.91 Å². The zero-order valence-corrected chi connectivity index (χ0v) is 15.7. The van der Waals surface area contributed by atoms with E-state index in [0.717, 1.165) is 5.56 Å². The molecular formula is C17H12Cl3N3O3. The molecule has 2 aromatic carbocycles. The third kappa shape index (κ3) is 3.93. The Labute approximate surface area is 163 Å². The molecule has 2 N–H and O–H groups in total. The SMILES string of the molecule is Cc1cc(Cl)ccc1OCC(=O)N=Nc1c(O)[nH]c2c(Cl)cc(Cl)cc12. The van der Waals surface area contributed by atoms with Crippen molar-refractivity contribution in [2.75, 3.05) is 6.61 Å². The Morgan fingerprint density at radius 2 is 1.96 bits per heavy atom. The predicted octanol–water partition coefficient (Wildman–Crippen LogP) is 5.83. The molecule has 1 heterocycles. The Morgan fingerprint density at radius 3 is 2.69 bits per heavy atom. The zero-order chi connectivity index (χ0) is 18.8. The van der Waals surface area contributed by atoms with Gasteiger partial charge in [-0.25, -0.2) is 0 Å². The van der Waals surface area contributed by atoms with Gasteiger partial charge in [-0.15, -0.1) is 10.2 Å². The molecule has 0 saturated heterocycles. The number of aromatic hydroxyl groups is 1. The first-order valence-corrected chi connectivity index (χ1v) is 8.51. The molecule has 26 heavy (non-hydrogen) atoms. The van der Waals surface area contributed by atoms with Crippen molar-refractivity contribution >= 4 is 57.3 Å². The summed E-state index contributed by atoms with van der Waals surface area (Å²) in [7, 11) is 0. The number of carbonyl (C=O) groups excluding carboxylic acids is 1. The van der Waals surface area contributed by atoms with Crippen LogP contribution in [0.4, 0.5) is 5.69 Å². The molecule has 0 unspecified atom stereocenters. The first-order chi connectivity index (χ1) is 12.3. The minimum atomic E-state index is -0.624. The van der Waals surface area contributed by atoms with E-state index in [1.807, 2.05) is 6.92 Å². The number of carbonyl (C=O) groups is 1. The summed E-state index contributed by atoms with van der Waals surface area (Å²) < 4.78 is 5.40. The van der Waals surface area contributed by atoms with Crippen LogP contribution in [0, 0.1) is 6.92 Å². The maximum absolute atomic E-state index is 11.9. The Bertz CT molecular complexity index is 1030. The summed E-state index contributed by atoms with van der Waals surface area (Å²) >= 11 is 17.9. The van der Waals surface area contributed by atoms with E-state index in [1.165, 1.54) is 6.07 Å². The molecule has 0 aliphatic rings. The van der Waals surface area contributed by atoms with Gasteiger partial charge in [0, 0.05) is 15.4 Å². The largest absolute Gasteiger partial charge is 0.493 e. The van der Waals surface area contributed by atoms with Gasteiger partial charge in [0.05, 0.1) is 10.5 Å². The maximum Gasteiger partial charge on any atom is 0.302 e. The number of aromatic nitrogens is 1. The van der Waals surface area contributed by atoms with Crippen molar-refractivity contribution in [2.45, 2.75) is 6.92 Å². The smallest absolute Gasteiger partial charge is 0.302 e. The Hall–Kier alpha value is -2.28. The van der Waals surface area contributed by atoms with E-state index < -0.39 is 5.91 Å². The Balaban J connectivity index is 1.76. The van der Waals surface area contributed by atoms with Gasteiger partial charge in [-0.3, -0.25) is 4.79 Å². The molecule has 0 spiro atoms. The minimum absolute atomic E-state index is 0.0698. The molecule has 0 aliphatic carbocycles. The number of azo groups is 1. The summed E-state index contributed by atoms with van der Waals surface area (Å²) in [4.78, 5) is 14.6. The fourth-order valence-corrected chi connectivity index (χ4v) is 3.11. The van der Waals surface area contributed by atoms with Crippen molar-refractivity contribution in [3.05, 3.63) is 51.0 Å². The highest BCUT2D eigenvalue weighted by Gasteiger charge is 2.14. The predicted molar refractivity (Wildman–Crippen MR) is 101 cm³/mol. The number of amides is 1. The molecule has 0 saturated carbocycles. The Kier molecular flexibility index (Phi) is 5.36. The average Bonchev–Trinajstić information content (AvgIpc) is 2.88. The molecule has 0 radical (unpaired) electrons. The molecule has 0 aliphatic heterocycles. The van der Waals surface area contributed by atoms with Crippen LogP contribution in [0.2, 0.25) is 15.1 Å². The van der Waals surface area contributed by atoms with Crippen molar-refractivity contribution in [2.24, 2.45) is 10.2 Å². The molecule has 6 nitrogen and oxygen atoms in total. The van der Waals surface area contributed by atoms with Gasteiger partial charge in [0.2, 0.25) is 5.88 Å². The van der Waals surface area contributed by atoms with Crippen molar-refractivity contribution in [3.63, 3.8) is 0 Å². The number of hydrogen-bond donors (Lipinski definition) is 2. The highest BCUT2D eigenvalue weighted by molar-refractivity contribution is 6.38. The number of rotatable bonds is 4. The first kappa shape index (κ1) is 18.5. The number of hydrogen-bond acceptors (Lipinski definition) is 4. The van der Waals surface area contributed by atoms with Crippen LogP contribution in [-0.4, -0.2) is 22.6 Å². The third-order valence-corrected chi connectivity index (χ3v) is 4.28. The van der Waals surface area contributed by atoms with Gasteiger partial charge in [0.25, 0.3) is 0 Å². The number of ether oxygens (including phenoxy) is 1. The van der Waals surface area contributed by atoms with Crippen LogP contribution in [0.1, 0.15) is 5.56 Å². The number of aromatic amines is 1. The molecule has 0 atom stereocenters. The molecule has 1 amide bonds. The van der Waals surface area contributed by atoms with Gasteiger partial charge < -0.3 is 14.8 Å². The van der Waals surface area contributed by atoms with Crippen LogP contribution in [0.15, 0.2) is 40.6 Å². The third-order valence-electron chi connectivity index (χ3n) is 3.53. The number of nitrogens with one attached hydrogen (secondary N) is 1. The van der Waals surface area contributed by atoms with Gasteiger partial charge in [0.15, 0.2) is 12.3 Å². The highest BCUT2D eigenvalue weighted by Crippen LogP contribution is 2.40. The molecule has 1 aromatic heterocycles. The molecule has 0 bridgehead atoms. The van der Waals surface area contributed by atoms with Crippen molar-refractivity contribution in [1.82, 2.24) is 4.98 Å². The van der Waals surface area contributed by atoms with Gasteiger partial charge in [-0.1, -0.05) is 34.8 Å². The van der Waals surface area contributed by atoms with Crippen LogP contribution in [-0.2, 0) is 4.79 Å². The van der Waals surface area contributed by atoms with Gasteiger partial charge in [0.1, 0.15) is 5.75 Å². The summed E-state index contributed by atoms with van der Waals surface area (Å²) in [5.41, 5.74) is 1.31. The van der Waals surface area contributed by atoms with Crippen LogP contribution in [0.5, 0.6) is 11.6 Å². The number of halogens is 3. The molecular weight excluding hydrogens is 401 g/mol. The van der Waals surface area contributed by atoms with Crippen LogP contribution < -0.4 is 4.74 Å². The van der Waals surface area contributed by atoms with Crippen molar-refractivity contribution in [1.29, 1.82) is 0 Å². The van der Waals surface area contributed by atoms with E-state index in [4.69, 9.17) is 39.5 Å². The quantitative estimate of drug-likeness (QED) is 0.528. The lowest BCUT2D eigenvalue weighted by Crippen LogP contribution is -2.08. The topological polar surface area (TPSA) is 87.0 Å². The van der Waals surface area contributed by atoms with Crippen LogP contribution >= 0.6 is 34.8 Å². The van der Waals surface area contributed by atoms with Gasteiger partial charge in [-0.2, -0.15) is 0 Å². The summed E-state index contributed by atoms with van der Waals surface area (Å²) in [6.45, 7) is 1.50. The van der Waals surface area contributed by atoms with Gasteiger partial charge in [-0.05, 0) is 42.8 Å². The fourth-order valence-electron chi connectivity index (χ4n) is 2.34. The number of H-pyrrole nitrogens is 1. The highest BCUT2D eigenvalue weighted by atomic mass is 35.5. The summed E-state index contributed by atoms with van der Waals surface area (Å²) in [6.07, 6.45) is 0. The van der Waals surface area contributed by atoms with Crippen LogP contribution in [0.3, 0.4) is 0 Å². The number of aryl methyl sites for hydroxylation is 1. The monoisotopic (exact) mass is 411 g/mol. The lowest BCUT2D eigenvalue weighted by molar-refractivity contribution is -0.120. The van der Waals surface area contributed by atoms with Crippen LogP contribution in [0.25, 0.3) is 10.9 Å².